The molecule has 200 valence electrons. The van der Waals surface area contributed by atoms with E-state index >= 15 is 0 Å². The summed E-state index contributed by atoms with van der Waals surface area (Å²) in [7, 11) is 0. The normalized spacial score (nSPS) is 15.2. The van der Waals surface area contributed by atoms with Crippen LogP contribution in [0, 0.1) is 17.2 Å². The van der Waals surface area contributed by atoms with Gasteiger partial charge in [-0.15, -0.1) is 11.3 Å². The van der Waals surface area contributed by atoms with Crippen LogP contribution >= 0.6 is 11.3 Å². The molecule has 4 aromatic rings. The summed E-state index contributed by atoms with van der Waals surface area (Å²) >= 11 is 1.61. The van der Waals surface area contributed by atoms with Gasteiger partial charge in [-0.05, 0) is 66.5 Å². The largest absolute Gasteiger partial charge is 0.488 e. The summed E-state index contributed by atoms with van der Waals surface area (Å²) in [6.07, 6.45) is 4.61. The smallest absolute Gasteiger partial charge is 0.259 e. The van der Waals surface area contributed by atoms with Crippen molar-refractivity contribution in [2.75, 3.05) is 5.32 Å². The van der Waals surface area contributed by atoms with Crippen LogP contribution < -0.4 is 10.1 Å². The van der Waals surface area contributed by atoms with Gasteiger partial charge in [0.2, 0.25) is 0 Å². The number of amides is 1. The molecule has 0 unspecified atom stereocenters. The van der Waals surface area contributed by atoms with Gasteiger partial charge in [-0.1, -0.05) is 69.3 Å². The number of carbonyl (C=O) groups excluding carboxylic acids is 1. The van der Waals surface area contributed by atoms with Crippen molar-refractivity contribution in [1.82, 2.24) is 0 Å². The van der Waals surface area contributed by atoms with E-state index in [0.717, 1.165) is 36.1 Å². The maximum absolute atomic E-state index is 14.1. The van der Waals surface area contributed by atoms with E-state index in [9.17, 15) is 9.18 Å². The molecule has 0 fully saturated rings. The van der Waals surface area contributed by atoms with Gasteiger partial charge in [0.1, 0.15) is 23.2 Å². The molecular weight excluding hydrogens is 507 g/mol. The van der Waals surface area contributed by atoms with Gasteiger partial charge in [0, 0.05) is 27.9 Å². The highest BCUT2D eigenvalue weighted by atomic mass is 32.1. The highest BCUT2D eigenvalue weighted by molar-refractivity contribution is 7.16. The fourth-order valence-electron chi connectivity index (χ4n) is 4.97. The van der Waals surface area contributed by atoms with E-state index in [1.165, 1.54) is 10.9 Å². The van der Waals surface area contributed by atoms with Crippen LogP contribution in [0.4, 0.5) is 15.1 Å². The van der Waals surface area contributed by atoms with E-state index in [2.05, 4.69) is 26.1 Å². The van der Waals surface area contributed by atoms with E-state index in [4.69, 9.17) is 9.73 Å². The van der Waals surface area contributed by atoms with Crippen LogP contribution in [-0.4, -0.2) is 12.1 Å². The number of benzene rings is 3. The lowest BCUT2D eigenvalue weighted by Gasteiger charge is -2.33. The molecule has 6 heteroatoms. The summed E-state index contributed by atoms with van der Waals surface area (Å²) in [6, 6.07) is 23.7. The second kappa shape index (κ2) is 11.5. The van der Waals surface area contributed by atoms with E-state index in [1.807, 2.05) is 54.6 Å². The lowest BCUT2D eigenvalue weighted by Crippen LogP contribution is -2.27. The van der Waals surface area contributed by atoms with Gasteiger partial charge >= 0.3 is 0 Å². The molecule has 3 aromatic carbocycles. The van der Waals surface area contributed by atoms with Crippen molar-refractivity contribution in [1.29, 1.82) is 0 Å². The van der Waals surface area contributed by atoms with Crippen molar-refractivity contribution in [3.63, 3.8) is 0 Å². The Morgan fingerprint density at radius 3 is 2.54 bits per heavy atom. The highest BCUT2D eigenvalue weighted by Gasteiger charge is 2.33. The van der Waals surface area contributed by atoms with Crippen LogP contribution in [-0.2, 0) is 19.4 Å². The van der Waals surface area contributed by atoms with Crippen molar-refractivity contribution in [2.24, 2.45) is 16.3 Å². The molecule has 1 amide bonds. The predicted octanol–water partition coefficient (Wildman–Crippen LogP) is 8.62. The lowest BCUT2D eigenvalue weighted by molar-refractivity contribution is 0.102. The molecule has 39 heavy (non-hydrogen) atoms. The third-order valence-electron chi connectivity index (χ3n) is 7.31. The number of rotatable bonds is 7. The van der Waals surface area contributed by atoms with Crippen LogP contribution in [0.1, 0.15) is 59.1 Å². The van der Waals surface area contributed by atoms with E-state index < -0.39 is 0 Å². The van der Waals surface area contributed by atoms with Gasteiger partial charge in [-0.25, -0.2) is 9.38 Å². The van der Waals surface area contributed by atoms with Gasteiger partial charge in [0.25, 0.3) is 5.91 Å². The van der Waals surface area contributed by atoms with Crippen molar-refractivity contribution >= 4 is 34.1 Å². The van der Waals surface area contributed by atoms with Gasteiger partial charge in [-0.3, -0.25) is 4.79 Å². The Bertz CT molecular complexity index is 1490. The predicted molar refractivity (Wildman–Crippen MR) is 158 cm³/mol. The lowest BCUT2D eigenvalue weighted by atomic mass is 9.72. The molecule has 1 aromatic heterocycles. The maximum atomic E-state index is 14.1. The zero-order valence-corrected chi connectivity index (χ0v) is 23.4. The number of ether oxygens (including phenoxy) is 1. The topological polar surface area (TPSA) is 50.7 Å². The molecule has 0 radical (unpaired) electrons. The summed E-state index contributed by atoms with van der Waals surface area (Å²) in [5, 5.41) is 3.76. The Labute approximate surface area is 233 Å². The molecule has 0 saturated heterocycles. The van der Waals surface area contributed by atoms with Crippen LogP contribution in [0.25, 0.3) is 0 Å². The first-order valence-corrected chi connectivity index (χ1v) is 14.1. The third kappa shape index (κ3) is 6.28. The van der Waals surface area contributed by atoms with E-state index in [-0.39, 0.29) is 23.7 Å². The number of hydrogen-bond acceptors (Lipinski definition) is 4. The first kappa shape index (κ1) is 26.8. The summed E-state index contributed by atoms with van der Waals surface area (Å²) < 4.78 is 20.1. The third-order valence-corrected chi connectivity index (χ3v) is 8.47. The summed E-state index contributed by atoms with van der Waals surface area (Å²) in [6.45, 7) is 6.98. The van der Waals surface area contributed by atoms with Crippen LogP contribution in [0.2, 0.25) is 0 Å². The average Bonchev–Trinajstić information content (AvgIpc) is 3.30. The maximum Gasteiger partial charge on any atom is 0.259 e. The van der Waals surface area contributed by atoms with Crippen molar-refractivity contribution < 1.29 is 13.9 Å². The van der Waals surface area contributed by atoms with Gasteiger partial charge in [-0.2, -0.15) is 0 Å². The zero-order chi connectivity index (χ0) is 27.4. The second-order valence-electron chi connectivity index (χ2n) is 11.0. The van der Waals surface area contributed by atoms with Crippen LogP contribution in [0.3, 0.4) is 0 Å². The van der Waals surface area contributed by atoms with Crippen LogP contribution in [0.5, 0.6) is 5.75 Å². The quantitative estimate of drug-likeness (QED) is 0.239. The van der Waals surface area contributed by atoms with E-state index in [0.29, 0.717) is 27.8 Å². The summed E-state index contributed by atoms with van der Waals surface area (Å²) in [4.78, 5) is 19.7. The second-order valence-corrected chi connectivity index (χ2v) is 12.1. The number of nitrogens with one attached hydrogen (secondary N) is 1. The monoisotopic (exact) mass is 540 g/mol. The fourth-order valence-corrected chi connectivity index (χ4v) is 6.24. The SMILES string of the molecule is CC(C)(C)[C@@H]1CCc2c(sc(N=Cc3ccccc3OCc3ccccc3F)c2C(=O)Nc2ccccc2)C1. The number of para-hydroxylation sites is 2. The van der Waals surface area contributed by atoms with E-state index in [1.54, 1.807) is 35.8 Å². The first-order chi connectivity index (χ1) is 18.8. The summed E-state index contributed by atoms with van der Waals surface area (Å²) in [5.41, 5.74) is 3.99. The first-order valence-electron chi connectivity index (χ1n) is 13.3. The number of anilines is 1. The minimum absolute atomic E-state index is 0.115. The molecule has 0 saturated carbocycles. The molecule has 0 bridgehead atoms. The molecule has 1 aliphatic rings. The molecule has 1 aliphatic carbocycles. The number of halogens is 1. The van der Waals surface area contributed by atoms with Crippen molar-refractivity contribution in [3.05, 3.63) is 112 Å². The summed E-state index contributed by atoms with van der Waals surface area (Å²) in [5.74, 6) is 0.728. The Hall–Kier alpha value is -3.77. The number of aliphatic imine (C=N–C) groups is 1. The molecule has 1 atom stereocenters. The molecule has 0 aliphatic heterocycles. The Morgan fingerprint density at radius 2 is 1.77 bits per heavy atom. The number of fused-ring (bicyclic) bond motifs is 1. The Kier molecular flexibility index (Phi) is 7.94. The number of hydrogen-bond donors (Lipinski definition) is 1. The Balaban J connectivity index is 1.45. The number of nitrogens with zero attached hydrogens (tertiary/aromatic N) is 1. The van der Waals surface area contributed by atoms with Gasteiger partial charge in [0.15, 0.2) is 0 Å². The van der Waals surface area contributed by atoms with Crippen LogP contribution in [0.15, 0.2) is 83.9 Å². The molecule has 4 nitrogen and oxygen atoms in total. The zero-order valence-electron chi connectivity index (χ0n) is 22.5. The number of thiophene rings is 1. The molecule has 0 spiro atoms. The molecule has 1 N–H and O–H groups in total. The average molecular weight is 541 g/mol. The highest BCUT2D eigenvalue weighted by Crippen LogP contribution is 2.45. The van der Waals surface area contributed by atoms with Gasteiger partial charge < -0.3 is 10.1 Å². The molecule has 1 heterocycles. The number of carbonyl (C=O) groups is 1. The Morgan fingerprint density at radius 1 is 1.05 bits per heavy atom. The molecule has 5 rings (SSSR count). The standard InChI is InChI=1S/C33H33FN2O2S/c1-33(2,3)24-17-18-26-29(19-24)39-32(30(26)31(37)36-25-13-5-4-6-14-25)35-20-22-11-8-10-16-28(22)38-21-23-12-7-9-15-27(23)34/h4-16,20,24H,17-19,21H2,1-3H3,(H,36,37)/t24-/m1/s1. The minimum atomic E-state index is -0.296. The van der Waals surface area contributed by atoms with Crippen molar-refractivity contribution in [3.8, 4) is 5.75 Å². The fraction of sp³-hybridized carbons (Fsp3) is 0.273. The van der Waals surface area contributed by atoms with Gasteiger partial charge in [0.05, 0.1) is 5.56 Å². The minimum Gasteiger partial charge on any atom is -0.488 e. The van der Waals surface area contributed by atoms with Crippen molar-refractivity contribution in [2.45, 2.75) is 46.6 Å². The molecular formula is C33H33FN2O2S.